The minimum absolute atomic E-state index is 0.0436. The molecule has 104 valence electrons. The van der Waals surface area contributed by atoms with Gasteiger partial charge >= 0.3 is 6.18 Å². The van der Waals surface area contributed by atoms with Gasteiger partial charge in [0.25, 0.3) is 0 Å². The van der Waals surface area contributed by atoms with Crippen molar-refractivity contribution in [3.8, 4) is 0 Å². The monoisotopic (exact) mass is 289 g/mol. The van der Waals surface area contributed by atoms with E-state index in [0.29, 0.717) is 11.3 Å². The molecule has 1 aliphatic rings. The molecular weight excluding hydrogens is 275 g/mol. The van der Waals surface area contributed by atoms with Crippen LogP contribution in [0.5, 0.6) is 0 Å². The highest BCUT2D eigenvalue weighted by atomic mass is 32.1. The van der Waals surface area contributed by atoms with E-state index >= 15 is 0 Å². The highest BCUT2D eigenvalue weighted by Gasteiger charge is 2.63. The van der Waals surface area contributed by atoms with Gasteiger partial charge in [-0.05, 0) is 38.3 Å². The zero-order chi connectivity index (χ0) is 14.4. The predicted molar refractivity (Wildman–Crippen MR) is 71.2 cm³/mol. The van der Waals surface area contributed by atoms with Crippen LogP contribution in [-0.4, -0.2) is 21.7 Å². The molecule has 19 heavy (non-hydrogen) atoms. The molecule has 2 rings (SSSR count). The van der Waals surface area contributed by atoms with Crippen LogP contribution in [0.15, 0.2) is 6.07 Å². The summed E-state index contributed by atoms with van der Waals surface area (Å²) in [5.74, 6) is 0.125. The van der Waals surface area contributed by atoms with Crippen LogP contribution in [0.2, 0.25) is 0 Å². The number of nitrogens with two attached hydrogens (primary N) is 1. The van der Waals surface area contributed by atoms with Crippen LogP contribution in [0.25, 0.3) is 0 Å². The molecule has 1 aromatic heterocycles. The SMILES string of the molecule is Cc1cc(C)c(C(N)=S)c(NC2(C(F)(F)F)CC2)n1. The molecule has 7 heteroatoms. The van der Waals surface area contributed by atoms with Crippen LogP contribution in [-0.2, 0) is 0 Å². The van der Waals surface area contributed by atoms with Crippen molar-refractivity contribution in [2.24, 2.45) is 5.73 Å². The van der Waals surface area contributed by atoms with Crippen molar-refractivity contribution in [3.05, 3.63) is 22.9 Å². The lowest BCUT2D eigenvalue weighted by atomic mass is 10.1. The number of aromatic nitrogens is 1. The number of hydrogen-bond donors (Lipinski definition) is 2. The second-order valence-corrected chi connectivity index (χ2v) is 5.31. The van der Waals surface area contributed by atoms with E-state index in [1.807, 2.05) is 0 Å². The summed E-state index contributed by atoms with van der Waals surface area (Å²) in [6.07, 6.45) is -4.22. The molecule has 0 saturated heterocycles. The largest absolute Gasteiger partial charge is 0.411 e. The molecule has 1 aliphatic carbocycles. The lowest BCUT2D eigenvalue weighted by Gasteiger charge is -2.23. The Labute approximate surface area is 114 Å². The van der Waals surface area contributed by atoms with Gasteiger partial charge in [0.2, 0.25) is 0 Å². The Morgan fingerprint density at radius 3 is 2.42 bits per heavy atom. The first-order chi connectivity index (χ1) is 8.66. The molecule has 1 saturated carbocycles. The van der Waals surface area contributed by atoms with Crippen LogP contribution >= 0.6 is 12.2 Å². The van der Waals surface area contributed by atoms with E-state index in [2.05, 4.69) is 10.3 Å². The molecule has 0 aliphatic heterocycles. The van der Waals surface area contributed by atoms with E-state index < -0.39 is 11.7 Å². The van der Waals surface area contributed by atoms with E-state index in [9.17, 15) is 13.2 Å². The third-order valence-corrected chi connectivity index (χ3v) is 3.45. The van der Waals surface area contributed by atoms with Gasteiger partial charge in [-0.25, -0.2) is 4.98 Å². The summed E-state index contributed by atoms with van der Waals surface area (Å²) in [4.78, 5) is 4.16. The number of rotatable bonds is 3. The standard InChI is InChI=1S/C12H14F3N3S/c1-6-5-7(2)17-10(8(6)9(16)19)18-11(3-4-11)12(13,14)15/h5H,3-4H2,1-2H3,(H2,16,19)(H,17,18). The molecule has 0 spiro atoms. The Morgan fingerprint density at radius 2 is 2.00 bits per heavy atom. The third-order valence-electron chi connectivity index (χ3n) is 3.24. The first-order valence-corrected chi connectivity index (χ1v) is 6.20. The Hall–Kier alpha value is -1.37. The van der Waals surface area contributed by atoms with E-state index in [-0.39, 0.29) is 23.6 Å². The number of nitrogens with one attached hydrogen (secondary N) is 1. The fraction of sp³-hybridized carbons (Fsp3) is 0.500. The van der Waals surface area contributed by atoms with Crippen LogP contribution in [0, 0.1) is 13.8 Å². The van der Waals surface area contributed by atoms with Gasteiger partial charge < -0.3 is 11.1 Å². The number of aryl methyl sites for hydroxylation is 2. The molecule has 3 N–H and O–H groups in total. The quantitative estimate of drug-likeness (QED) is 0.840. The third kappa shape index (κ3) is 2.51. The Kier molecular flexibility index (Phi) is 3.20. The number of pyridine rings is 1. The maximum atomic E-state index is 13.0. The molecule has 1 fully saturated rings. The van der Waals surface area contributed by atoms with Crippen molar-refractivity contribution in [2.75, 3.05) is 5.32 Å². The number of hydrogen-bond acceptors (Lipinski definition) is 3. The first kappa shape index (κ1) is 14.0. The summed E-state index contributed by atoms with van der Waals surface area (Å²) in [5, 5.41) is 2.50. The van der Waals surface area contributed by atoms with Gasteiger partial charge in [0.05, 0.1) is 5.56 Å². The van der Waals surface area contributed by atoms with Gasteiger partial charge in [0, 0.05) is 5.69 Å². The highest BCUT2D eigenvalue weighted by Crippen LogP contribution is 2.51. The van der Waals surface area contributed by atoms with E-state index in [4.69, 9.17) is 18.0 Å². The summed E-state index contributed by atoms with van der Waals surface area (Å²) in [6, 6.07) is 1.74. The summed E-state index contributed by atoms with van der Waals surface area (Å²) >= 11 is 4.90. The Bertz CT molecular complexity index is 536. The van der Waals surface area contributed by atoms with Gasteiger partial charge in [-0.1, -0.05) is 12.2 Å². The second kappa shape index (κ2) is 4.33. The highest BCUT2D eigenvalue weighted by molar-refractivity contribution is 7.80. The Balaban J connectivity index is 2.43. The molecule has 1 aromatic rings. The van der Waals surface area contributed by atoms with E-state index in [1.165, 1.54) is 0 Å². The number of halogens is 3. The topological polar surface area (TPSA) is 50.9 Å². The molecule has 0 bridgehead atoms. The van der Waals surface area contributed by atoms with Crippen molar-refractivity contribution < 1.29 is 13.2 Å². The van der Waals surface area contributed by atoms with Crippen molar-refractivity contribution in [3.63, 3.8) is 0 Å². The summed E-state index contributed by atoms with van der Waals surface area (Å²) in [6.45, 7) is 3.47. The van der Waals surface area contributed by atoms with E-state index in [1.54, 1.807) is 19.9 Å². The maximum Gasteiger partial charge on any atom is 0.411 e. The first-order valence-electron chi connectivity index (χ1n) is 5.79. The minimum Gasteiger partial charge on any atom is -0.389 e. The van der Waals surface area contributed by atoms with Crippen LogP contribution in [0.1, 0.15) is 29.7 Å². The van der Waals surface area contributed by atoms with E-state index in [0.717, 1.165) is 5.56 Å². The molecule has 0 radical (unpaired) electrons. The molecule has 0 unspecified atom stereocenters. The van der Waals surface area contributed by atoms with Gasteiger partial charge in [-0.3, -0.25) is 0 Å². The number of nitrogens with zero attached hydrogens (tertiary/aromatic N) is 1. The van der Waals surface area contributed by atoms with Crippen molar-refractivity contribution >= 4 is 23.0 Å². The van der Waals surface area contributed by atoms with Crippen LogP contribution in [0.4, 0.5) is 19.0 Å². The summed E-state index contributed by atoms with van der Waals surface area (Å²) in [5.41, 5.74) is 5.44. The average molecular weight is 289 g/mol. The fourth-order valence-electron chi connectivity index (χ4n) is 2.07. The fourth-order valence-corrected chi connectivity index (χ4v) is 2.33. The zero-order valence-electron chi connectivity index (χ0n) is 10.6. The smallest absolute Gasteiger partial charge is 0.389 e. The molecule has 3 nitrogen and oxygen atoms in total. The average Bonchev–Trinajstić information content (AvgIpc) is 2.95. The van der Waals surface area contributed by atoms with Crippen molar-refractivity contribution in [1.82, 2.24) is 4.98 Å². The van der Waals surface area contributed by atoms with Crippen LogP contribution in [0.3, 0.4) is 0 Å². The maximum absolute atomic E-state index is 13.0. The zero-order valence-corrected chi connectivity index (χ0v) is 11.4. The molecule has 1 heterocycles. The predicted octanol–water partition coefficient (Wildman–Crippen LogP) is 2.84. The lowest BCUT2D eigenvalue weighted by Crippen LogP contribution is -2.39. The second-order valence-electron chi connectivity index (χ2n) is 4.87. The van der Waals surface area contributed by atoms with Crippen molar-refractivity contribution in [1.29, 1.82) is 0 Å². The minimum atomic E-state index is -4.31. The van der Waals surface area contributed by atoms with Gasteiger partial charge in [0.1, 0.15) is 16.3 Å². The van der Waals surface area contributed by atoms with Gasteiger partial charge in [0.15, 0.2) is 0 Å². The normalized spacial score (nSPS) is 17.1. The summed E-state index contributed by atoms with van der Waals surface area (Å²) in [7, 11) is 0. The molecule has 0 amide bonds. The summed E-state index contributed by atoms with van der Waals surface area (Å²) < 4.78 is 38.9. The number of anilines is 1. The molecule has 0 atom stereocenters. The molecule has 0 aromatic carbocycles. The number of alkyl halides is 3. The van der Waals surface area contributed by atoms with Gasteiger partial charge in [-0.15, -0.1) is 0 Å². The van der Waals surface area contributed by atoms with Crippen LogP contribution < -0.4 is 11.1 Å². The molecular formula is C12H14F3N3S. The van der Waals surface area contributed by atoms with Gasteiger partial charge in [-0.2, -0.15) is 13.2 Å². The van der Waals surface area contributed by atoms with Crippen molar-refractivity contribution in [2.45, 2.75) is 38.4 Å². The number of thiocarbonyl (C=S) groups is 1. The lowest BCUT2D eigenvalue weighted by molar-refractivity contribution is -0.151. The Morgan fingerprint density at radius 1 is 1.42 bits per heavy atom.